The molecule has 1 saturated heterocycles. The Morgan fingerprint density at radius 1 is 1.18 bits per heavy atom. The highest BCUT2D eigenvalue weighted by Gasteiger charge is 2.55. The fourth-order valence-corrected chi connectivity index (χ4v) is 4.94. The largest absolute Gasteiger partial charge is 0.501 e. The summed E-state index contributed by atoms with van der Waals surface area (Å²) in [5.74, 6) is -4.22. The molecule has 0 aromatic heterocycles. The molecule has 0 amide bonds. The molecule has 0 bridgehead atoms. The van der Waals surface area contributed by atoms with Crippen molar-refractivity contribution in [3.63, 3.8) is 0 Å². The minimum Gasteiger partial charge on any atom is -0.487 e. The molecule has 0 radical (unpaired) electrons. The predicted octanol–water partition coefficient (Wildman–Crippen LogP) is 1.23. The number of rotatable bonds is 4. The summed E-state index contributed by atoms with van der Waals surface area (Å²) < 4.78 is 119. The Morgan fingerprint density at radius 3 is 2.25 bits per heavy atom. The Balaban J connectivity index is 2.01. The molecular weight excluding hydrogens is 437 g/mol. The summed E-state index contributed by atoms with van der Waals surface area (Å²) in [6, 6.07) is 1.25. The van der Waals surface area contributed by atoms with E-state index in [1.807, 2.05) is 0 Å². The van der Waals surface area contributed by atoms with E-state index in [0.29, 0.717) is 6.07 Å². The normalized spacial score (nSPS) is 23.3. The van der Waals surface area contributed by atoms with E-state index in [2.05, 4.69) is 0 Å². The first kappa shape index (κ1) is 21.2. The molecule has 28 heavy (non-hydrogen) atoms. The number of alkyl halides is 5. The number of aliphatic hydroxyl groups is 1. The number of hydrogen-bond acceptors (Lipinski definition) is 6. The lowest BCUT2D eigenvalue weighted by Gasteiger charge is -2.37. The van der Waals surface area contributed by atoms with E-state index in [1.165, 1.54) is 0 Å². The van der Waals surface area contributed by atoms with Crippen molar-refractivity contribution >= 4 is 19.9 Å². The van der Waals surface area contributed by atoms with Gasteiger partial charge in [0, 0.05) is 17.5 Å². The average Bonchev–Trinajstić information content (AvgIpc) is 2.70. The van der Waals surface area contributed by atoms with Crippen LogP contribution in [0.1, 0.15) is 17.2 Å². The van der Waals surface area contributed by atoms with E-state index in [-0.39, 0.29) is 18.8 Å². The van der Waals surface area contributed by atoms with Crippen molar-refractivity contribution in [2.75, 3.05) is 19.3 Å². The predicted molar refractivity (Wildman–Crippen MR) is 84.1 cm³/mol. The van der Waals surface area contributed by atoms with Crippen molar-refractivity contribution < 1.29 is 48.6 Å². The third kappa shape index (κ3) is 3.35. The first-order valence-electron chi connectivity index (χ1n) is 7.70. The molecule has 7 nitrogen and oxygen atoms in total. The molecule has 1 fully saturated rings. The molecule has 1 aromatic carbocycles. The smallest absolute Gasteiger partial charge is 0.487 e. The molecule has 3 rings (SSSR count). The highest BCUT2D eigenvalue weighted by atomic mass is 32.2. The molecule has 1 heterocycles. The zero-order chi connectivity index (χ0) is 21.3. The van der Waals surface area contributed by atoms with E-state index < -0.39 is 65.9 Å². The Morgan fingerprint density at radius 2 is 1.75 bits per heavy atom. The molecule has 0 saturated carbocycles. The number of hydrogen-bond donors (Lipinski definition) is 1. The number of sulfone groups is 1. The molecule has 158 valence electrons. The van der Waals surface area contributed by atoms with Crippen molar-refractivity contribution in [3.8, 4) is 5.75 Å². The summed E-state index contributed by atoms with van der Waals surface area (Å²) in [7, 11) is -9.47. The first-order valence-corrected chi connectivity index (χ1v) is 11.0. The maximum Gasteiger partial charge on any atom is 0.501 e. The fraction of sp³-hybridized carbons (Fsp3) is 0.571. The van der Waals surface area contributed by atoms with E-state index in [9.17, 15) is 43.9 Å². The highest BCUT2D eigenvalue weighted by molar-refractivity contribution is 7.92. The van der Waals surface area contributed by atoms with Gasteiger partial charge in [0.15, 0.2) is 0 Å². The van der Waals surface area contributed by atoms with Gasteiger partial charge in [-0.3, -0.25) is 0 Å². The molecule has 0 spiro atoms. The summed E-state index contributed by atoms with van der Waals surface area (Å²) >= 11 is 0. The lowest BCUT2D eigenvalue weighted by Crippen LogP contribution is -2.55. The van der Waals surface area contributed by atoms with E-state index in [1.54, 1.807) is 0 Å². The van der Waals surface area contributed by atoms with Crippen LogP contribution in [0.25, 0.3) is 0 Å². The zero-order valence-electron chi connectivity index (χ0n) is 14.1. The molecule has 1 N–H and O–H groups in total. The van der Waals surface area contributed by atoms with Crippen LogP contribution in [0.2, 0.25) is 0 Å². The number of sulfonamides is 1. The highest BCUT2D eigenvalue weighted by Crippen LogP contribution is 2.50. The van der Waals surface area contributed by atoms with Crippen LogP contribution in [-0.4, -0.2) is 63.1 Å². The minimum atomic E-state index is -5.99. The topological polar surface area (TPSA) is 101 Å². The molecule has 1 aromatic rings. The number of benzene rings is 1. The van der Waals surface area contributed by atoms with Crippen LogP contribution in [-0.2, 0) is 26.3 Å². The maximum absolute atomic E-state index is 14.0. The summed E-state index contributed by atoms with van der Waals surface area (Å²) in [4.78, 5) is -1.46. The lowest BCUT2D eigenvalue weighted by atomic mass is 10.1. The SMILES string of the molecule is CS(=O)(=O)N1CC(Oc2ccc(S(=O)(=O)C(F)(F)F)c3c2CC(F)(F)[C@H]3O)C1. The van der Waals surface area contributed by atoms with E-state index in [0.717, 1.165) is 16.6 Å². The van der Waals surface area contributed by atoms with Gasteiger partial charge in [0.2, 0.25) is 10.0 Å². The summed E-state index contributed by atoms with van der Waals surface area (Å²) in [6.07, 6.45) is -3.78. The van der Waals surface area contributed by atoms with Crippen molar-refractivity contribution in [1.29, 1.82) is 0 Å². The summed E-state index contributed by atoms with van der Waals surface area (Å²) in [6.45, 7) is -0.204. The third-order valence-electron chi connectivity index (χ3n) is 4.53. The van der Waals surface area contributed by atoms with Gasteiger partial charge >= 0.3 is 5.51 Å². The molecular formula is C14H14F5NO6S2. The molecule has 2 aliphatic rings. The molecule has 1 atom stereocenters. The maximum atomic E-state index is 14.0. The van der Waals surface area contributed by atoms with Crippen molar-refractivity contribution in [1.82, 2.24) is 4.31 Å². The fourth-order valence-electron chi connectivity index (χ4n) is 3.04. The lowest BCUT2D eigenvalue weighted by molar-refractivity contribution is -0.0979. The van der Waals surface area contributed by atoms with Gasteiger partial charge in [0.05, 0.1) is 24.2 Å². The summed E-state index contributed by atoms with van der Waals surface area (Å²) in [5, 5.41) is 9.77. The number of halogens is 5. The van der Waals surface area contributed by atoms with E-state index >= 15 is 0 Å². The van der Waals surface area contributed by atoms with Gasteiger partial charge in [-0.25, -0.2) is 25.6 Å². The third-order valence-corrected chi connectivity index (χ3v) is 7.31. The van der Waals surface area contributed by atoms with Crippen LogP contribution in [0.5, 0.6) is 5.75 Å². The zero-order valence-corrected chi connectivity index (χ0v) is 15.7. The van der Waals surface area contributed by atoms with Crippen LogP contribution in [0.15, 0.2) is 17.0 Å². The van der Waals surface area contributed by atoms with Crippen LogP contribution in [0.3, 0.4) is 0 Å². The van der Waals surface area contributed by atoms with E-state index in [4.69, 9.17) is 4.74 Å². The summed E-state index contributed by atoms with van der Waals surface area (Å²) in [5.41, 5.74) is -7.36. The standard InChI is InChI=1S/C14H14F5NO6S2/c1-27(22,23)20-5-7(6-20)26-9-2-3-10(28(24,25)14(17,18)19)11-8(9)4-13(15,16)12(11)21/h2-3,7,12,21H,4-6H2,1H3/t12-/m0/s1. The molecule has 14 heteroatoms. The van der Waals surface area contributed by atoms with Gasteiger partial charge in [0.1, 0.15) is 18.0 Å². The van der Waals surface area contributed by atoms with Crippen LogP contribution < -0.4 is 4.74 Å². The Bertz CT molecular complexity index is 1020. The van der Waals surface area contributed by atoms with Crippen LogP contribution >= 0.6 is 0 Å². The second-order valence-electron chi connectivity index (χ2n) is 6.56. The Hall–Kier alpha value is -1.51. The molecule has 0 unspecified atom stereocenters. The minimum absolute atomic E-state index is 0.102. The Labute approximate surface area is 156 Å². The number of ether oxygens (including phenoxy) is 1. The van der Waals surface area contributed by atoms with Crippen molar-refractivity contribution in [3.05, 3.63) is 23.3 Å². The van der Waals surface area contributed by atoms with Gasteiger partial charge in [-0.05, 0) is 12.1 Å². The van der Waals surface area contributed by atoms with Crippen LogP contribution in [0.4, 0.5) is 22.0 Å². The van der Waals surface area contributed by atoms with Crippen molar-refractivity contribution in [2.45, 2.75) is 35.0 Å². The monoisotopic (exact) mass is 451 g/mol. The number of fused-ring (bicyclic) bond motifs is 1. The number of aliphatic hydroxyl groups excluding tert-OH is 1. The van der Waals surface area contributed by atoms with Gasteiger partial charge < -0.3 is 9.84 Å². The number of nitrogens with zero attached hydrogens (tertiary/aromatic N) is 1. The Kier molecular flexibility index (Phi) is 4.73. The van der Waals surface area contributed by atoms with Gasteiger partial charge in [0.25, 0.3) is 15.8 Å². The van der Waals surface area contributed by atoms with Crippen molar-refractivity contribution in [2.24, 2.45) is 0 Å². The van der Waals surface area contributed by atoms with Gasteiger partial charge in [-0.2, -0.15) is 17.5 Å². The second kappa shape index (κ2) is 6.24. The second-order valence-corrected chi connectivity index (χ2v) is 10.5. The average molecular weight is 451 g/mol. The van der Waals surface area contributed by atoms with Gasteiger partial charge in [-0.1, -0.05) is 0 Å². The first-order chi connectivity index (χ1) is 12.6. The van der Waals surface area contributed by atoms with Crippen LogP contribution in [0, 0.1) is 0 Å². The quantitative estimate of drug-likeness (QED) is 0.692. The molecule has 1 aliphatic carbocycles. The molecule has 1 aliphatic heterocycles. The van der Waals surface area contributed by atoms with Gasteiger partial charge in [-0.15, -0.1) is 0 Å².